The quantitative estimate of drug-likeness (QED) is 0.498. The molecule has 0 atom stereocenters. The first-order valence-corrected chi connectivity index (χ1v) is 4.50. The van der Waals surface area contributed by atoms with Crippen molar-refractivity contribution in [3.63, 3.8) is 0 Å². The van der Waals surface area contributed by atoms with Crippen LogP contribution in [0.4, 0.5) is 0 Å². The maximum Gasteiger partial charge on any atom is 0.335 e. The van der Waals surface area contributed by atoms with E-state index in [0.717, 1.165) is 6.08 Å². The maximum atomic E-state index is 11.3. The topological polar surface area (TPSA) is 43.4 Å². The molecule has 1 aliphatic carbocycles. The highest BCUT2D eigenvalue weighted by molar-refractivity contribution is 5.92. The van der Waals surface area contributed by atoms with E-state index in [-0.39, 0.29) is 11.2 Å². The minimum Gasteiger partial charge on any atom is -0.428 e. The van der Waals surface area contributed by atoms with Crippen LogP contribution in [0, 0.1) is 5.41 Å². The van der Waals surface area contributed by atoms with Crippen molar-refractivity contribution in [2.24, 2.45) is 5.41 Å². The van der Waals surface area contributed by atoms with Crippen LogP contribution < -0.4 is 0 Å². The van der Waals surface area contributed by atoms with Gasteiger partial charge in [-0.25, -0.2) is 4.79 Å². The molecule has 0 aliphatic heterocycles. The lowest BCUT2D eigenvalue weighted by molar-refractivity contribution is -0.134. The predicted molar refractivity (Wildman–Crippen MR) is 52.4 cm³/mol. The predicted octanol–water partition coefficient (Wildman–Crippen LogP) is 1.99. The number of hydrogen-bond acceptors (Lipinski definition) is 3. The fourth-order valence-corrected chi connectivity index (χ4v) is 1.52. The molecule has 0 unspecified atom stereocenters. The number of hydrogen-bond donors (Lipinski definition) is 0. The van der Waals surface area contributed by atoms with E-state index in [2.05, 4.69) is 6.58 Å². The summed E-state index contributed by atoms with van der Waals surface area (Å²) < 4.78 is 4.93. The van der Waals surface area contributed by atoms with Gasteiger partial charge >= 0.3 is 5.97 Å². The Kier molecular flexibility index (Phi) is 2.89. The summed E-state index contributed by atoms with van der Waals surface area (Å²) in [5.41, 5.74) is -0.122. The molecule has 0 aromatic rings. The summed E-state index contributed by atoms with van der Waals surface area (Å²) in [5, 5.41) is 0. The summed E-state index contributed by atoms with van der Waals surface area (Å²) in [7, 11) is 0. The Morgan fingerprint density at radius 2 is 2.21 bits per heavy atom. The molecule has 0 heterocycles. The first kappa shape index (κ1) is 10.7. The first-order valence-electron chi connectivity index (χ1n) is 4.50. The average molecular weight is 194 g/mol. The summed E-state index contributed by atoms with van der Waals surface area (Å²) in [4.78, 5) is 22.2. The Bertz CT molecular complexity index is 310. The molecule has 0 amide bonds. The minimum atomic E-state index is -0.512. The second kappa shape index (κ2) is 3.78. The fourth-order valence-electron chi connectivity index (χ4n) is 1.52. The zero-order valence-corrected chi connectivity index (χ0v) is 8.50. The Labute approximate surface area is 83.4 Å². The van der Waals surface area contributed by atoms with Gasteiger partial charge in [0.05, 0.1) is 0 Å². The van der Waals surface area contributed by atoms with Crippen LogP contribution in [0.15, 0.2) is 24.5 Å². The summed E-state index contributed by atoms with van der Waals surface area (Å²) >= 11 is 0. The van der Waals surface area contributed by atoms with Crippen LogP contribution in [-0.4, -0.2) is 11.8 Å². The molecule has 76 valence electrons. The van der Waals surface area contributed by atoms with E-state index in [0.29, 0.717) is 18.6 Å². The molecule has 3 nitrogen and oxygen atoms in total. The lowest BCUT2D eigenvalue weighted by Crippen LogP contribution is -2.23. The molecule has 0 aromatic heterocycles. The zero-order chi connectivity index (χ0) is 10.8. The summed E-state index contributed by atoms with van der Waals surface area (Å²) in [6.45, 7) is 7.24. The van der Waals surface area contributed by atoms with E-state index in [1.165, 1.54) is 6.08 Å². The van der Waals surface area contributed by atoms with Crippen LogP contribution in [0.2, 0.25) is 0 Å². The standard InChI is InChI=1S/C11H14O3/c1-4-10(13)14-9-5-8(12)6-11(2,3)7-9/h4-5H,1,6-7H2,2-3H3. The highest BCUT2D eigenvalue weighted by Gasteiger charge is 2.28. The van der Waals surface area contributed by atoms with Gasteiger partial charge in [0, 0.05) is 25.0 Å². The Hall–Kier alpha value is -1.38. The van der Waals surface area contributed by atoms with Crippen molar-refractivity contribution in [2.75, 3.05) is 0 Å². The van der Waals surface area contributed by atoms with Gasteiger partial charge in [0.2, 0.25) is 0 Å². The molecule has 0 saturated heterocycles. The molecule has 0 N–H and O–H groups in total. The SMILES string of the molecule is C=CC(=O)OC1=CC(=O)CC(C)(C)C1. The van der Waals surface area contributed by atoms with E-state index in [4.69, 9.17) is 4.74 Å². The molecular weight excluding hydrogens is 180 g/mol. The molecular formula is C11H14O3. The normalized spacial score (nSPS) is 19.9. The number of carbonyl (C=O) groups excluding carboxylic acids is 2. The van der Waals surface area contributed by atoms with Crippen molar-refractivity contribution in [1.29, 1.82) is 0 Å². The molecule has 0 fully saturated rings. The highest BCUT2D eigenvalue weighted by Crippen LogP contribution is 2.33. The van der Waals surface area contributed by atoms with Crippen LogP contribution in [0.5, 0.6) is 0 Å². The van der Waals surface area contributed by atoms with Gasteiger partial charge in [0.15, 0.2) is 5.78 Å². The summed E-state index contributed by atoms with van der Waals surface area (Å²) in [5.74, 6) is -0.0639. The fraction of sp³-hybridized carbons (Fsp3) is 0.455. The smallest absolute Gasteiger partial charge is 0.335 e. The van der Waals surface area contributed by atoms with Crippen molar-refractivity contribution in [1.82, 2.24) is 0 Å². The third kappa shape index (κ3) is 2.83. The second-order valence-corrected chi connectivity index (χ2v) is 4.22. The molecule has 1 rings (SSSR count). The maximum absolute atomic E-state index is 11.3. The van der Waals surface area contributed by atoms with Crippen LogP contribution in [0.3, 0.4) is 0 Å². The van der Waals surface area contributed by atoms with Gasteiger partial charge in [-0.1, -0.05) is 20.4 Å². The molecule has 0 saturated carbocycles. The van der Waals surface area contributed by atoms with Crippen molar-refractivity contribution >= 4 is 11.8 Å². The molecule has 0 spiro atoms. The molecule has 3 heteroatoms. The van der Waals surface area contributed by atoms with E-state index >= 15 is 0 Å². The van der Waals surface area contributed by atoms with E-state index in [9.17, 15) is 9.59 Å². The van der Waals surface area contributed by atoms with Crippen LogP contribution in [-0.2, 0) is 14.3 Å². The number of ketones is 1. The van der Waals surface area contributed by atoms with Gasteiger partial charge in [-0.15, -0.1) is 0 Å². The third-order valence-electron chi connectivity index (χ3n) is 2.03. The number of ether oxygens (including phenoxy) is 1. The van der Waals surface area contributed by atoms with Crippen LogP contribution in [0.25, 0.3) is 0 Å². The molecule has 1 aliphatic rings. The van der Waals surface area contributed by atoms with Gasteiger partial charge in [-0.3, -0.25) is 4.79 Å². The van der Waals surface area contributed by atoms with Gasteiger partial charge in [-0.2, -0.15) is 0 Å². The molecule has 14 heavy (non-hydrogen) atoms. The lowest BCUT2D eigenvalue weighted by atomic mass is 9.79. The van der Waals surface area contributed by atoms with Gasteiger partial charge in [-0.05, 0) is 5.41 Å². The molecule has 0 radical (unpaired) electrons. The Morgan fingerprint density at radius 1 is 1.57 bits per heavy atom. The monoisotopic (exact) mass is 194 g/mol. The summed E-state index contributed by atoms with van der Waals surface area (Å²) in [6.07, 6.45) is 3.60. The van der Waals surface area contributed by atoms with E-state index in [1.54, 1.807) is 0 Å². The van der Waals surface area contributed by atoms with Gasteiger partial charge < -0.3 is 4.74 Å². The number of allylic oxidation sites excluding steroid dienone is 2. The van der Waals surface area contributed by atoms with Crippen molar-refractivity contribution in [3.8, 4) is 0 Å². The number of carbonyl (C=O) groups is 2. The Balaban J connectivity index is 2.74. The molecule has 0 aromatic carbocycles. The second-order valence-electron chi connectivity index (χ2n) is 4.22. The van der Waals surface area contributed by atoms with Crippen molar-refractivity contribution in [2.45, 2.75) is 26.7 Å². The largest absolute Gasteiger partial charge is 0.428 e. The van der Waals surface area contributed by atoms with E-state index in [1.807, 2.05) is 13.8 Å². The average Bonchev–Trinajstić information content (AvgIpc) is 1.99. The van der Waals surface area contributed by atoms with Crippen molar-refractivity contribution < 1.29 is 14.3 Å². The number of rotatable bonds is 2. The number of esters is 1. The minimum absolute atomic E-state index is 0.00751. The van der Waals surface area contributed by atoms with Gasteiger partial charge in [0.1, 0.15) is 5.76 Å². The third-order valence-corrected chi connectivity index (χ3v) is 2.03. The Morgan fingerprint density at radius 3 is 2.71 bits per heavy atom. The summed E-state index contributed by atoms with van der Waals surface area (Å²) in [6, 6.07) is 0. The first-order chi connectivity index (χ1) is 6.43. The van der Waals surface area contributed by atoms with Gasteiger partial charge in [0.25, 0.3) is 0 Å². The van der Waals surface area contributed by atoms with E-state index < -0.39 is 5.97 Å². The van der Waals surface area contributed by atoms with Crippen molar-refractivity contribution in [3.05, 3.63) is 24.5 Å². The zero-order valence-electron chi connectivity index (χ0n) is 8.50. The highest BCUT2D eigenvalue weighted by atomic mass is 16.5. The van der Waals surface area contributed by atoms with Crippen LogP contribution >= 0.6 is 0 Å². The molecule has 0 bridgehead atoms. The lowest BCUT2D eigenvalue weighted by Gasteiger charge is -2.27. The van der Waals surface area contributed by atoms with Crippen LogP contribution in [0.1, 0.15) is 26.7 Å².